The third-order valence-corrected chi connectivity index (χ3v) is 4.99. The molecule has 19 heavy (non-hydrogen) atoms. The number of aromatic nitrogens is 1. The van der Waals surface area contributed by atoms with Crippen molar-refractivity contribution in [3.63, 3.8) is 0 Å². The molecule has 2 aliphatic rings. The van der Waals surface area contributed by atoms with E-state index in [-0.39, 0.29) is 0 Å². The molecule has 0 saturated heterocycles. The highest BCUT2D eigenvalue weighted by Crippen LogP contribution is 2.35. The predicted molar refractivity (Wildman–Crippen MR) is 79.3 cm³/mol. The Hall–Kier alpha value is -1.28. The highest BCUT2D eigenvalue weighted by Gasteiger charge is 2.25. The van der Waals surface area contributed by atoms with E-state index in [0.717, 1.165) is 5.92 Å². The quantitative estimate of drug-likeness (QED) is 0.853. The molecule has 1 fully saturated rings. The maximum Gasteiger partial charge on any atom is 0.0476 e. The van der Waals surface area contributed by atoms with Crippen LogP contribution in [0, 0.1) is 5.92 Å². The number of rotatable bonds is 3. The molecular formula is C17H22N2. The van der Waals surface area contributed by atoms with E-state index >= 15 is 0 Å². The van der Waals surface area contributed by atoms with E-state index in [4.69, 9.17) is 0 Å². The van der Waals surface area contributed by atoms with Crippen LogP contribution in [-0.2, 0) is 6.42 Å². The second-order valence-corrected chi connectivity index (χ2v) is 6.21. The van der Waals surface area contributed by atoms with E-state index in [9.17, 15) is 0 Å². The van der Waals surface area contributed by atoms with E-state index in [1.165, 1.54) is 61.7 Å². The summed E-state index contributed by atoms with van der Waals surface area (Å²) in [6, 6.07) is 9.30. The van der Waals surface area contributed by atoms with Gasteiger partial charge in [-0.2, -0.15) is 0 Å². The minimum atomic E-state index is 0.553. The van der Waals surface area contributed by atoms with Gasteiger partial charge in [-0.05, 0) is 56.2 Å². The van der Waals surface area contributed by atoms with Crippen LogP contribution >= 0.6 is 0 Å². The number of nitrogens with one attached hydrogen (secondary N) is 2. The van der Waals surface area contributed by atoms with E-state index < -0.39 is 0 Å². The van der Waals surface area contributed by atoms with Crippen molar-refractivity contribution in [2.45, 2.75) is 44.6 Å². The molecule has 0 aliphatic heterocycles. The predicted octanol–water partition coefficient (Wildman–Crippen LogP) is 3.94. The molecule has 1 unspecified atom stereocenters. The van der Waals surface area contributed by atoms with Gasteiger partial charge in [-0.25, -0.2) is 0 Å². The highest BCUT2D eigenvalue weighted by atomic mass is 15.0. The van der Waals surface area contributed by atoms with Crippen molar-refractivity contribution in [3.05, 3.63) is 35.5 Å². The number of H-pyrrole nitrogens is 1. The minimum absolute atomic E-state index is 0.553. The Balaban J connectivity index is 1.61. The summed E-state index contributed by atoms with van der Waals surface area (Å²) in [4.78, 5) is 3.66. The zero-order valence-corrected chi connectivity index (χ0v) is 11.4. The Morgan fingerprint density at radius 2 is 2.00 bits per heavy atom. The zero-order chi connectivity index (χ0) is 12.7. The van der Waals surface area contributed by atoms with Crippen molar-refractivity contribution in [1.29, 1.82) is 0 Å². The summed E-state index contributed by atoms with van der Waals surface area (Å²) in [5, 5.41) is 5.25. The average molecular weight is 254 g/mol. The summed E-state index contributed by atoms with van der Waals surface area (Å²) in [6.07, 6.45) is 8.14. The van der Waals surface area contributed by atoms with Gasteiger partial charge in [-0.3, -0.25) is 0 Å². The number of para-hydroxylation sites is 1. The normalized spacial score (nSPS) is 23.3. The summed E-state index contributed by atoms with van der Waals surface area (Å²) in [7, 11) is 0. The summed E-state index contributed by atoms with van der Waals surface area (Å²) < 4.78 is 0. The molecule has 1 atom stereocenters. The van der Waals surface area contributed by atoms with Crippen molar-refractivity contribution in [2.24, 2.45) is 5.92 Å². The second kappa shape index (κ2) is 4.68. The number of hydrogen-bond acceptors (Lipinski definition) is 1. The van der Waals surface area contributed by atoms with Crippen LogP contribution in [0.4, 0.5) is 0 Å². The van der Waals surface area contributed by atoms with Crippen LogP contribution < -0.4 is 5.32 Å². The van der Waals surface area contributed by atoms with Gasteiger partial charge in [0.05, 0.1) is 0 Å². The van der Waals surface area contributed by atoms with Gasteiger partial charge in [0.15, 0.2) is 0 Å². The van der Waals surface area contributed by atoms with E-state index in [1.807, 2.05) is 0 Å². The van der Waals surface area contributed by atoms with Gasteiger partial charge in [0.1, 0.15) is 0 Å². The summed E-state index contributed by atoms with van der Waals surface area (Å²) in [5.74, 6) is 0.940. The number of aromatic amines is 1. The lowest BCUT2D eigenvalue weighted by Crippen LogP contribution is -2.32. The maximum atomic E-state index is 3.81. The largest absolute Gasteiger partial charge is 0.357 e. The first-order chi connectivity index (χ1) is 9.42. The van der Waals surface area contributed by atoms with Gasteiger partial charge >= 0.3 is 0 Å². The lowest BCUT2D eigenvalue weighted by atomic mass is 9.84. The summed E-state index contributed by atoms with van der Waals surface area (Å²) in [6.45, 7) is 1.21. The Morgan fingerprint density at radius 3 is 2.84 bits per heavy atom. The van der Waals surface area contributed by atoms with E-state index in [2.05, 4.69) is 34.6 Å². The molecule has 0 spiro atoms. The molecule has 2 nitrogen and oxygen atoms in total. The maximum absolute atomic E-state index is 3.81. The summed E-state index contributed by atoms with van der Waals surface area (Å²) >= 11 is 0. The van der Waals surface area contributed by atoms with Crippen LogP contribution in [0.5, 0.6) is 0 Å². The van der Waals surface area contributed by atoms with Crippen LogP contribution in [0.3, 0.4) is 0 Å². The molecule has 2 aliphatic carbocycles. The Labute approximate surface area is 114 Å². The van der Waals surface area contributed by atoms with Crippen molar-refractivity contribution in [1.82, 2.24) is 10.3 Å². The van der Waals surface area contributed by atoms with Crippen molar-refractivity contribution < 1.29 is 0 Å². The highest BCUT2D eigenvalue weighted by molar-refractivity contribution is 5.85. The topological polar surface area (TPSA) is 27.8 Å². The molecule has 1 heterocycles. The SMILES string of the molecule is c1ccc2c3c([nH]c2c1)C(NCC1CCC1)CCC3. The lowest BCUT2D eigenvalue weighted by molar-refractivity contribution is 0.282. The van der Waals surface area contributed by atoms with Crippen molar-refractivity contribution >= 4 is 10.9 Å². The second-order valence-electron chi connectivity index (χ2n) is 6.21. The van der Waals surface area contributed by atoms with Crippen LogP contribution in [0.25, 0.3) is 10.9 Å². The monoisotopic (exact) mass is 254 g/mol. The first-order valence-corrected chi connectivity index (χ1v) is 7.74. The third kappa shape index (κ3) is 1.99. The molecule has 2 N–H and O–H groups in total. The number of aryl methyl sites for hydroxylation is 1. The van der Waals surface area contributed by atoms with Gasteiger partial charge in [-0.15, -0.1) is 0 Å². The fraction of sp³-hybridized carbons (Fsp3) is 0.529. The van der Waals surface area contributed by atoms with Gasteiger partial charge < -0.3 is 10.3 Å². The summed E-state index contributed by atoms with van der Waals surface area (Å²) in [5.41, 5.74) is 4.34. The molecule has 100 valence electrons. The molecule has 1 aromatic carbocycles. The average Bonchev–Trinajstić information content (AvgIpc) is 2.76. The van der Waals surface area contributed by atoms with Gasteiger partial charge in [0.25, 0.3) is 0 Å². The van der Waals surface area contributed by atoms with Gasteiger partial charge in [0.2, 0.25) is 0 Å². The fourth-order valence-corrected chi connectivity index (χ4v) is 3.62. The Kier molecular flexibility index (Phi) is 2.84. The Morgan fingerprint density at radius 1 is 1.11 bits per heavy atom. The first-order valence-electron chi connectivity index (χ1n) is 7.74. The number of hydrogen-bond donors (Lipinski definition) is 2. The van der Waals surface area contributed by atoms with Crippen molar-refractivity contribution in [3.8, 4) is 0 Å². The fourth-order valence-electron chi connectivity index (χ4n) is 3.62. The molecule has 2 aromatic rings. The molecule has 1 aromatic heterocycles. The molecule has 1 saturated carbocycles. The molecule has 0 amide bonds. The van der Waals surface area contributed by atoms with Crippen molar-refractivity contribution in [2.75, 3.05) is 6.54 Å². The molecule has 4 rings (SSSR count). The van der Waals surface area contributed by atoms with Crippen LogP contribution in [0.2, 0.25) is 0 Å². The van der Waals surface area contributed by atoms with E-state index in [0.29, 0.717) is 6.04 Å². The smallest absolute Gasteiger partial charge is 0.0476 e. The third-order valence-electron chi connectivity index (χ3n) is 4.99. The molecule has 0 bridgehead atoms. The number of fused-ring (bicyclic) bond motifs is 3. The van der Waals surface area contributed by atoms with Crippen LogP contribution in [0.15, 0.2) is 24.3 Å². The standard InChI is InChI=1S/C17H22N2/c1-2-9-15-13(7-1)14-8-4-10-16(17(14)19-15)18-11-12-5-3-6-12/h1-2,7,9,12,16,18-19H,3-6,8,10-11H2. The molecule has 2 heteroatoms. The molecular weight excluding hydrogens is 232 g/mol. The van der Waals surface area contributed by atoms with Crippen LogP contribution in [0.1, 0.15) is 49.4 Å². The van der Waals surface area contributed by atoms with Gasteiger partial charge in [0, 0.05) is 22.6 Å². The number of benzene rings is 1. The molecule has 0 radical (unpaired) electrons. The first kappa shape index (κ1) is 11.5. The van der Waals surface area contributed by atoms with E-state index in [1.54, 1.807) is 5.56 Å². The lowest BCUT2D eigenvalue weighted by Gasteiger charge is -2.30. The van der Waals surface area contributed by atoms with Gasteiger partial charge in [-0.1, -0.05) is 24.6 Å². The van der Waals surface area contributed by atoms with Crippen LogP contribution in [-0.4, -0.2) is 11.5 Å². The Bertz CT molecular complexity index is 580. The minimum Gasteiger partial charge on any atom is -0.357 e. The zero-order valence-electron chi connectivity index (χ0n) is 11.4.